The van der Waals surface area contributed by atoms with Crippen LogP contribution in [0.5, 0.6) is 0 Å². The summed E-state index contributed by atoms with van der Waals surface area (Å²) in [6.45, 7) is 6.12. The number of nitrogens with one attached hydrogen (secondary N) is 7. The maximum atomic E-state index is 13.5. The van der Waals surface area contributed by atoms with Crippen molar-refractivity contribution < 1.29 is 43.5 Å². The van der Waals surface area contributed by atoms with Crippen LogP contribution in [0.4, 0.5) is 0 Å². The molecule has 56 heavy (non-hydrogen) atoms. The Labute approximate surface area is 328 Å². The van der Waals surface area contributed by atoms with Crippen molar-refractivity contribution in [2.45, 2.75) is 115 Å². The predicted molar refractivity (Wildman–Crippen MR) is 208 cm³/mol. The van der Waals surface area contributed by atoms with E-state index in [1.807, 2.05) is 13.8 Å². The number of nitrogens with two attached hydrogens (primary N) is 3. The van der Waals surface area contributed by atoms with Crippen LogP contribution in [0.15, 0.2) is 30.3 Å². The Morgan fingerprint density at radius 2 is 1.09 bits per heavy atom. The molecule has 0 fully saturated rings. The van der Waals surface area contributed by atoms with Gasteiger partial charge < -0.3 is 59.5 Å². The molecule has 314 valence electrons. The van der Waals surface area contributed by atoms with E-state index in [9.17, 15) is 38.4 Å². The Morgan fingerprint density at radius 3 is 1.62 bits per heavy atom. The molecule has 0 saturated heterocycles. The van der Waals surface area contributed by atoms with Crippen molar-refractivity contribution in [2.24, 2.45) is 23.1 Å². The molecule has 0 saturated carbocycles. The van der Waals surface area contributed by atoms with Gasteiger partial charge in [0.05, 0.1) is 12.6 Å². The summed E-state index contributed by atoms with van der Waals surface area (Å²) in [7, 11) is 0. The van der Waals surface area contributed by atoms with Gasteiger partial charge in [0.1, 0.15) is 36.8 Å². The summed E-state index contributed by atoms with van der Waals surface area (Å²) in [6, 6.07) is 2.38. The number of carboxylic acids is 1. The van der Waals surface area contributed by atoms with Gasteiger partial charge in [0.2, 0.25) is 41.4 Å². The van der Waals surface area contributed by atoms with Crippen LogP contribution in [0.1, 0.15) is 78.2 Å². The molecule has 6 atom stereocenters. The van der Waals surface area contributed by atoms with Crippen LogP contribution in [0, 0.1) is 5.92 Å². The van der Waals surface area contributed by atoms with Gasteiger partial charge in [-0.3, -0.25) is 38.4 Å². The average molecular weight is 791 g/mol. The van der Waals surface area contributed by atoms with Crippen molar-refractivity contribution in [3.63, 3.8) is 0 Å². The minimum Gasteiger partial charge on any atom is -0.480 e. The van der Waals surface area contributed by atoms with Crippen molar-refractivity contribution >= 4 is 47.3 Å². The molecule has 19 nitrogen and oxygen atoms in total. The van der Waals surface area contributed by atoms with Gasteiger partial charge in [-0.05, 0) is 83.4 Å². The fourth-order valence-corrected chi connectivity index (χ4v) is 5.36. The van der Waals surface area contributed by atoms with Gasteiger partial charge in [0, 0.05) is 6.42 Å². The Bertz CT molecular complexity index is 1440. The minimum atomic E-state index is -1.26. The third-order valence-electron chi connectivity index (χ3n) is 8.44. The van der Waals surface area contributed by atoms with Gasteiger partial charge in [-0.25, -0.2) is 0 Å². The zero-order valence-electron chi connectivity index (χ0n) is 32.9. The summed E-state index contributed by atoms with van der Waals surface area (Å²) in [5, 5.41) is 26.7. The van der Waals surface area contributed by atoms with Crippen LogP contribution >= 0.6 is 0 Å². The molecule has 14 N–H and O–H groups in total. The summed E-state index contributed by atoms with van der Waals surface area (Å²) in [6.07, 6.45) is 2.86. The molecular formula is C37H62N10O9. The number of rotatable bonds is 27. The second kappa shape index (κ2) is 26.6. The van der Waals surface area contributed by atoms with Gasteiger partial charge in [0.25, 0.3) is 0 Å². The molecule has 0 heterocycles. The lowest BCUT2D eigenvalue weighted by atomic mass is 10.0. The standard InChI is InChI=1S/C37H62N10O9/c1-22(2)18-28(47-36(55)27(15-9-11-17-39)45-32(51)23(3)40)37(56)43-24(4)33(52)46-29(19-25-12-6-5-7-13-25)35(54)41-20-30(48)44-26(14-8-10-16-38)34(53)42-21-31(49)50/h5-7,12-13,22-24,26-29H,8-11,14-21,38-40H2,1-4H3,(H,41,54)(H,42,53)(H,43,56)(H,44,48)(H,45,51)(H,46,52)(H,47,55)(H,49,50). The number of amides is 7. The Hall–Kier alpha value is -5.14. The molecule has 19 heteroatoms. The highest BCUT2D eigenvalue weighted by Gasteiger charge is 2.31. The van der Waals surface area contributed by atoms with E-state index in [-0.39, 0.29) is 31.6 Å². The monoisotopic (exact) mass is 790 g/mol. The highest BCUT2D eigenvalue weighted by atomic mass is 16.4. The van der Waals surface area contributed by atoms with E-state index in [1.54, 1.807) is 30.3 Å². The number of carboxylic acid groups (broad SMARTS) is 1. The van der Waals surface area contributed by atoms with Crippen molar-refractivity contribution in [1.82, 2.24) is 37.2 Å². The zero-order chi connectivity index (χ0) is 42.2. The first-order valence-corrected chi connectivity index (χ1v) is 19.0. The van der Waals surface area contributed by atoms with Crippen molar-refractivity contribution in [1.29, 1.82) is 0 Å². The molecule has 0 bridgehead atoms. The third-order valence-corrected chi connectivity index (χ3v) is 8.44. The van der Waals surface area contributed by atoms with E-state index in [4.69, 9.17) is 22.3 Å². The first-order chi connectivity index (χ1) is 26.5. The molecule has 0 spiro atoms. The molecule has 0 radical (unpaired) electrons. The van der Waals surface area contributed by atoms with E-state index in [0.717, 1.165) is 0 Å². The zero-order valence-corrected chi connectivity index (χ0v) is 32.9. The van der Waals surface area contributed by atoms with Crippen LogP contribution in [-0.4, -0.2) is 115 Å². The SMILES string of the molecule is CC(C)CC(NC(=O)C(CCCCN)NC(=O)C(C)N)C(=O)NC(C)C(=O)NC(Cc1ccccc1)C(=O)NCC(=O)NC(CCCCN)C(=O)NCC(=O)O. The number of carbonyl (C=O) groups excluding carboxylic acids is 7. The molecule has 7 amide bonds. The third kappa shape index (κ3) is 20.0. The number of aliphatic carboxylic acids is 1. The van der Waals surface area contributed by atoms with Crippen molar-refractivity contribution in [3.05, 3.63) is 35.9 Å². The summed E-state index contributed by atoms with van der Waals surface area (Å²) < 4.78 is 0. The van der Waals surface area contributed by atoms with Crippen LogP contribution in [0.2, 0.25) is 0 Å². The summed E-state index contributed by atoms with van der Waals surface area (Å²) in [5.74, 6) is -6.01. The second-order valence-electron chi connectivity index (χ2n) is 14.0. The Morgan fingerprint density at radius 1 is 0.589 bits per heavy atom. The first kappa shape index (κ1) is 48.9. The van der Waals surface area contributed by atoms with Gasteiger partial charge >= 0.3 is 5.97 Å². The molecule has 0 aliphatic heterocycles. The number of benzene rings is 1. The van der Waals surface area contributed by atoms with Crippen molar-refractivity contribution in [3.8, 4) is 0 Å². The number of hydrogen-bond donors (Lipinski definition) is 11. The highest BCUT2D eigenvalue weighted by molar-refractivity contribution is 5.96. The van der Waals surface area contributed by atoms with Crippen LogP contribution in [0.3, 0.4) is 0 Å². The van der Waals surface area contributed by atoms with Crippen molar-refractivity contribution in [2.75, 3.05) is 26.2 Å². The van der Waals surface area contributed by atoms with Crippen LogP contribution in [-0.2, 0) is 44.8 Å². The van der Waals surface area contributed by atoms with E-state index in [2.05, 4.69) is 37.2 Å². The molecule has 1 rings (SSSR count). The normalized spacial score (nSPS) is 14.1. The van der Waals surface area contributed by atoms with E-state index < -0.39 is 96.7 Å². The Kier molecular flexibility index (Phi) is 23.2. The first-order valence-electron chi connectivity index (χ1n) is 19.0. The molecule has 0 aliphatic carbocycles. The second-order valence-corrected chi connectivity index (χ2v) is 14.0. The fourth-order valence-electron chi connectivity index (χ4n) is 5.36. The van der Waals surface area contributed by atoms with E-state index >= 15 is 0 Å². The summed E-state index contributed by atoms with van der Waals surface area (Å²) in [5.41, 5.74) is 17.5. The average Bonchev–Trinajstić information content (AvgIpc) is 3.14. The number of unbranched alkanes of at least 4 members (excludes halogenated alkanes) is 2. The lowest BCUT2D eigenvalue weighted by Crippen LogP contribution is -2.58. The smallest absolute Gasteiger partial charge is 0.322 e. The molecule has 0 aromatic heterocycles. The number of hydrogen-bond acceptors (Lipinski definition) is 11. The van der Waals surface area contributed by atoms with E-state index in [0.29, 0.717) is 44.3 Å². The van der Waals surface area contributed by atoms with Crippen LogP contribution in [0.25, 0.3) is 0 Å². The maximum absolute atomic E-state index is 13.5. The quantitative estimate of drug-likeness (QED) is 0.0417. The van der Waals surface area contributed by atoms with E-state index in [1.165, 1.54) is 13.8 Å². The maximum Gasteiger partial charge on any atom is 0.322 e. The fraction of sp³-hybridized carbons (Fsp3) is 0.622. The lowest BCUT2D eigenvalue weighted by molar-refractivity contribution is -0.138. The molecule has 1 aromatic carbocycles. The van der Waals surface area contributed by atoms with Crippen LogP contribution < -0.4 is 54.4 Å². The summed E-state index contributed by atoms with van der Waals surface area (Å²) >= 11 is 0. The molecule has 0 aliphatic rings. The molecule has 1 aromatic rings. The molecule has 6 unspecified atom stereocenters. The number of carbonyl (C=O) groups is 8. The topological polar surface area (TPSA) is 319 Å². The predicted octanol–water partition coefficient (Wildman–Crippen LogP) is -2.36. The Balaban J connectivity index is 3.07. The van der Waals surface area contributed by atoms with Gasteiger partial charge in [-0.1, -0.05) is 44.2 Å². The summed E-state index contributed by atoms with van der Waals surface area (Å²) in [4.78, 5) is 102. The molecular weight excluding hydrogens is 728 g/mol. The van der Waals surface area contributed by atoms with Gasteiger partial charge in [-0.2, -0.15) is 0 Å². The minimum absolute atomic E-state index is 0.0186. The lowest BCUT2D eigenvalue weighted by Gasteiger charge is -2.26. The van der Waals surface area contributed by atoms with Gasteiger partial charge in [0.15, 0.2) is 0 Å². The largest absolute Gasteiger partial charge is 0.480 e. The van der Waals surface area contributed by atoms with Gasteiger partial charge in [-0.15, -0.1) is 0 Å². The highest BCUT2D eigenvalue weighted by Crippen LogP contribution is 2.09.